The third kappa shape index (κ3) is 1.60. The predicted octanol–water partition coefficient (Wildman–Crippen LogP) is -0.522. The molecule has 0 bridgehead atoms. The maximum absolute atomic E-state index is 9.86. The molecule has 0 heterocycles. The molecule has 0 fully saturated rings. The molecule has 0 unspecified atom stereocenters. The van der Waals surface area contributed by atoms with E-state index in [0.29, 0.717) is 0 Å². The lowest BCUT2D eigenvalue weighted by atomic mass is 10.9. The number of hydrogen-bond donors (Lipinski definition) is 1. The van der Waals surface area contributed by atoms with Crippen molar-refractivity contribution in [1.82, 2.24) is 4.90 Å². The van der Waals surface area contributed by atoms with Gasteiger partial charge in [-0.1, -0.05) is 0 Å². The van der Waals surface area contributed by atoms with Crippen LogP contribution in [0.4, 0.5) is 4.79 Å². The van der Waals surface area contributed by atoms with Crippen molar-refractivity contribution in [2.75, 3.05) is 7.05 Å². The van der Waals surface area contributed by atoms with E-state index in [9.17, 15) is 4.79 Å². The first kappa shape index (κ1) is 5.76. The van der Waals surface area contributed by atoms with E-state index in [4.69, 9.17) is 5.26 Å². The van der Waals surface area contributed by atoms with Crippen LogP contribution in [0.5, 0.6) is 0 Å². The molecule has 0 aliphatic heterocycles. The highest BCUT2D eigenvalue weighted by Crippen LogP contribution is 1.71. The van der Waals surface area contributed by atoms with Gasteiger partial charge in [-0.05, 0) is 0 Å². The van der Waals surface area contributed by atoms with Crippen molar-refractivity contribution in [2.24, 2.45) is 5.73 Å². The summed E-state index contributed by atoms with van der Waals surface area (Å²) in [4.78, 5) is 10.6. The van der Waals surface area contributed by atoms with Crippen LogP contribution in [0.3, 0.4) is 0 Å². The molecule has 0 aliphatic rings. The van der Waals surface area contributed by atoms with Gasteiger partial charge in [-0.3, -0.25) is 0 Å². The molecule has 0 aromatic heterocycles. The Labute approximate surface area is 41.1 Å². The first-order valence-electron chi connectivity index (χ1n) is 1.61. The number of nitriles is 1. The van der Waals surface area contributed by atoms with E-state index in [2.05, 4.69) is 5.73 Å². The smallest absolute Gasteiger partial charge is 0.327 e. The van der Waals surface area contributed by atoms with Crippen LogP contribution >= 0.6 is 0 Å². The second-order valence-corrected chi connectivity index (χ2v) is 0.997. The fourth-order valence-corrected chi connectivity index (χ4v) is 0.0493. The first-order valence-corrected chi connectivity index (χ1v) is 1.61. The average Bonchev–Trinajstić information content (AvgIpc) is 1.65. The van der Waals surface area contributed by atoms with Gasteiger partial charge in [0.05, 0.1) is 0 Å². The fraction of sp³-hybridized carbons (Fsp3) is 0.333. The number of urea groups is 1. The number of carbonyl (C=O) groups is 1. The zero-order valence-corrected chi connectivity index (χ0v) is 3.88. The van der Waals surface area contributed by atoms with Gasteiger partial charge in [-0.2, -0.15) is 5.26 Å². The second kappa shape index (κ2) is 2.03. The van der Waals surface area contributed by atoms with Gasteiger partial charge in [0.2, 0.25) is 0 Å². The number of primary amides is 1. The minimum absolute atomic E-state index is 0.734. The molecule has 7 heavy (non-hydrogen) atoms. The Morgan fingerprint density at radius 2 is 2.43 bits per heavy atom. The van der Waals surface area contributed by atoms with Gasteiger partial charge in [0.15, 0.2) is 6.19 Å². The van der Waals surface area contributed by atoms with Gasteiger partial charge in [-0.15, -0.1) is 0 Å². The third-order valence-corrected chi connectivity index (χ3v) is 0.481. The number of rotatable bonds is 0. The number of hydrogen-bond acceptors (Lipinski definition) is 2. The molecule has 4 nitrogen and oxygen atoms in total. The molecule has 0 saturated heterocycles. The summed E-state index contributed by atoms with van der Waals surface area (Å²) in [6.45, 7) is 0. The molecule has 0 saturated carbocycles. The minimum Gasteiger partial charge on any atom is -0.351 e. The topological polar surface area (TPSA) is 70.1 Å². The number of amides is 2. The highest BCUT2D eigenvalue weighted by Gasteiger charge is 1.95. The van der Waals surface area contributed by atoms with Crippen LogP contribution in [-0.2, 0) is 0 Å². The Morgan fingerprint density at radius 3 is 2.43 bits per heavy atom. The summed E-state index contributed by atoms with van der Waals surface area (Å²) in [5.74, 6) is 0. The van der Waals surface area contributed by atoms with Crippen molar-refractivity contribution in [3.8, 4) is 6.19 Å². The number of nitrogens with zero attached hydrogens (tertiary/aromatic N) is 2. The van der Waals surface area contributed by atoms with Gasteiger partial charge < -0.3 is 5.73 Å². The van der Waals surface area contributed by atoms with E-state index in [0.717, 1.165) is 4.90 Å². The quantitative estimate of drug-likeness (QED) is 0.328. The summed E-state index contributed by atoms with van der Waals surface area (Å²) < 4.78 is 0. The maximum atomic E-state index is 9.86. The standard InChI is InChI=1S/C3H5N3O/c1-6(2-4)3(5)7/h1H3,(H2,5,7). The Kier molecular flexibility index (Phi) is 1.67. The molecule has 0 aliphatic carbocycles. The summed E-state index contributed by atoms with van der Waals surface area (Å²) in [5.41, 5.74) is 4.61. The van der Waals surface area contributed by atoms with Crippen LogP contribution in [0.25, 0.3) is 0 Å². The van der Waals surface area contributed by atoms with Crippen LogP contribution in [0.15, 0.2) is 0 Å². The van der Waals surface area contributed by atoms with E-state index in [-0.39, 0.29) is 0 Å². The van der Waals surface area contributed by atoms with Gasteiger partial charge in [0, 0.05) is 7.05 Å². The van der Waals surface area contributed by atoms with Crippen LogP contribution < -0.4 is 5.73 Å². The SMILES string of the molecule is CN(C#N)C(N)=O. The van der Waals surface area contributed by atoms with Crippen molar-refractivity contribution in [3.05, 3.63) is 0 Å². The number of nitrogens with two attached hydrogens (primary N) is 1. The normalized spacial score (nSPS) is 6.86. The molecule has 2 amide bonds. The van der Waals surface area contributed by atoms with E-state index >= 15 is 0 Å². The lowest BCUT2D eigenvalue weighted by Crippen LogP contribution is -2.27. The van der Waals surface area contributed by atoms with Crippen molar-refractivity contribution in [3.63, 3.8) is 0 Å². The van der Waals surface area contributed by atoms with E-state index < -0.39 is 6.03 Å². The molecule has 0 aromatic rings. The fourth-order valence-electron chi connectivity index (χ4n) is 0.0493. The summed E-state index contributed by atoms with van der Waals surface area (Å²) >= 11 is 0. The van der Waals surface area contributed by atoms with Crippen LogP contribution in [0.2, 0.25) is 0 Å². The zero-order valence-electron chi connectivity index (χ0n) is 3.88. The lowest BCUT2D eigenvalue weighted by Gasteiger charge is -1.97. The minimum atomic E-state index is -0.734. The number of carbonyl (C=O) groups excluding carboxylic acids is 1. The Morgan fingerprint density at radius 1 is 2.00 bits per heavy atom. The molecular formula is C3H5N3O. The molecule has 0 rings (SSSR count). The maximum Gasteiger partial charge on any atom is 0.327 e. The summed E-state index contributed by atoms with van der Waals surface area (Å²) in [7, 11) is 1.29. The van der Waals surface area contributed by atoms with Gasteiger partial charge in [0.25, 0.3) is 0 Å². The summed E-state index contributed by atoms with van der Waals surface area (Å²) in [5, 5.41) is 7.88. The summed E-state index contributed by atoms with van der Waals surface area (Å²) in [6, 6.07) is -0.734. The zero-order chi connectivity index (χ0) is 5.86. The van der Waals surface area contributed by atoms with Gasteiger partial charge >= 0.3 is 6.03 Å². The van der Waals surface area contributed by atoms with Crippen molar-refractivity contribution >= 4 is 6.03 Å². The van der Waals surface area contributed by atoms with Crippen molar-refractivity contribution in [1.29, 1.82) is 5.26 Å². The highest BCUT2D eigenvalue weighted by molar-refractivity contribution is 5.73. The van der Waals surface area contributed by atoms with Crippen molar-refractivity contribution in [2.45, 2.75) is 0 Å². The first-order chi connectivity index (χ1) is 3.18. The molecule has 0 atom stereocenters. The van der Waals surface area contributed by atoms with Crippen LogP contribution in [-0.4, -0.2) is 18.0 Å². The second-order valence-electron chi connectivity index (χ2n) is 0.997. The lowest BCUT2D eigenvalue weighted by molar-refractivity contribution is 0.233. The van der Waals surface area contributed by atoms with Crippen LogP contribution in [0.1, 0.15) is 0 Å². The summed E-state index contributed by atoms with van der Waals surface area (Å²) in [6.07, 6.45) is 1.52. The van der Waals surface area contributed by atoms with Gasteiger partial charge in [-0.25, -0.2) is 9.69 Å². The van der Waals surface area contributed by atoms with Crippen LogP contribution in [0, 0.1) is 11.5 Å². The molecule has 0 spiro atoms. The van der Waals surface area contributed by atoms with Gasteiger partial charge in [0.1, 0.15) is 0 Å². The molecular weight excluding hydrogens is 94.1 g/mol. The average molecular weight is 99.1 g/mol. The molecule has 0 aromatic carbocycles. The van der Waals surface area contributed by atoms with Crippen molar-refractivity contribution < 1.29 is 4.79 Å². The largest absolute Gasteiger partial charge is 0.351 e. The predicted molar refractivity (Wildman–Crippen MR) is 23.0 cm³/mol. The Hall–Kier alpha value is -1.24. The van der Waals surface area contributed by atoms with E-state index in [1.54, 1.807) is 0 Å². The van der Waals surface area contributed by atoms with E-state index in [1.165, 1.54) is 13.2 Å². The molecule has 4 heteroatoms. The molecule has 38 valence electrons. The third-order valence-electron chi connectivity index (χ3n) is 0.481. The monoisotopic (exact) mass is 99.0 g/mol. The molecule has 2 N–H and O–H groups in total. The Balaban J connectivity index is 3.63. The Bertz CT molecular complexity index is 114. The van der Waals surface area contributed by atoms with E-state index in [1.807, 2.05) is 0 Å². The highest BCUT2D eigenvalue weighted by atomic mass is 16.2. The molecule has 0 radical (unpaired) electrons.